The first-order valence-corrected chi connectivity index (χ1v) is 12.3. The summed E-state index contributed by atoms with van der Waals surface area (Å²) < 4.78 is 53.2. The molecule has 0 spiro atoms. The Morgan fingerprint density at radius 2 is 1.95 bits per heavy atom. The summed E-state index contributed by atoms with van der Waals surface area (Å²) in [5, 5.41) is 0. The fourth-order valence-electron chi connectivity index (χ4n) is 4.65. The molecule has 0 aromatic carbocycles. The molecule has 4 rings (SSSR count). The highest BCUT2D eigenvalue weighted by Crippen LogP contribution is 2.47. The molecule has 2 aliphatic rings. The molecule has 2 N–H and O–H groups in total. The van der Waals surface area contributed by atoms with Gasteiger partial charge in [0.05, 0.1) is 41.7 Å². The van der Waals surface area contributed by atoms with Gasteiger partial charge < -0.3 is 20.1 Å². The van der Waals surface area contributed by atoms with E-state index < -0.39 is 29.0 Å². The SMILES string of the molecule is C[C@H]1COCCN1c1nc(-c2cnc(N)cc2C(F)(F)F)cc(C2(N(C)C(=O)OC(C)(C)C)CCC2)n1. The lowest BCUT2D eigenvalue weighted by Crippen LogP contribution is -2.53. The van der Waals surface area contributed by atoms with Crippen molar-refractivity contribution >= 4 is 17.9 Å². The number of anilines is 2. The molecule has 12 heteroatoms. The highest BCUT2D eigenvalue weighted by Gasteiger charge is 2.48. The number of ether oxygens (including phenoxy) is 2. The van der Waals surface area contributed by atoms with Crippen molar-refractivity contribution in [1.82, 2.24) is 19.9 Å². The standard InChI is InChI=1S/C25H33F3N6O3/c1-15-14-36-10-9-34(15)21-31-18(16-13-30-20(29)11-17(16)25(26,27)28)12-19(32-21)24(7-6-8-24)33(5)22(35)37-23(2,3)4/h11-13,15H,6-10,14H2,1-5H3,(H2,29,30)/t15-/m0/s1. The van der Waals surface area contributed by atoms with Crippen LogP contribution >= 0.6 is 0 Å². The second kappa shape index (κ2) is 9.62. The van der Waals surface area contributed by atoms with Gasteiger partial charge >= 0.3 is 12.3 Å². The van der Waals surface area contributed by atoms with E-state index >= 15 is 0 Å². The van der Waals surface area contributed by atoms with Crippen molar-refractivity contribution in [3.63, 3.8) is 0 Å². The van der Waals surface area contributed by atoms with Crippen LogP contribution in [0.5, 0.6) is 0 Å². The maximum absolute atomic E-state index is 14.0. The van der Waals surface area contributed by atoms with Gasteiger partial charge in [-0.25, -0.2) is 19.7 Å². The predicted molar refractivity (Wildman–Crippen MR) is 132 cm³/mol. The number of amides is 1. The largest absolute Gasteiger partial charge is 0.444 e. The first-order valence-electron chi connectivity index (χ1n) is 12.3. The quantitative estimate of drug-likeness (QED) is 0.621. The molecular weight excluding hydrogens is 489 g/mol. The van der Waals surface area contributed by atoms with Gasteiger partial charge in [0, 0.05) is 25.4 Å². The number of nitrogens with zero attached hydrogens (tertiary/aromatic N) is 5. The van der Waals surface area contributed by atoms with Gasteiger partial charge in [-0.15, -0.1) is 0 Å². The van der Waals surface area contributed by atoms with Crippen molar-refractivity contribution in [3.8, 4) is 11.3 Å². The lowest BCUT2D eigenvalue weighted by Gasteiger charge is -2.48. The number of aromatic nitrogens is 3. The zero-order valence-electron chi connectivity index (χ0n) is 21.7. The minimum atomic E-state index is -4.68. The Labute approximate surface area is 214 Å². The lowest BCUT2D eigenvalue weighted by molar-refractivity contribution is -0.137. The van der Waals surface area contributed by atoms with Crippen LogP contribution in [-0.4, -0.2) is 64.4 Å². The molecule has 1 saturated carbocycles. The third-order valence-electron chi connectivity index (χ3n) is 6.81. The Hall–Kier alpha value is -3.15. The van der Waals surface area contributed by atoms with Crippen LogP contribution in [0.3, 0.4) is 0 Å². The van der Waals surface area contributed by atoms with E-state index in [1.807, 2.05) is 11.8 Å². The van der Waals surface area contributed by atoms with Crippen LogP contribution in [0.1, 0.15) is 58.2 Å². The fraction of sp³-hybridized carbons (Fsp3) is 0.600. The summed E-state index contributed by atoms with van der Waals surface area (Å²) in [4.78, 5) is 29.8. The number of alkyl halides is 3. The van der Waals surface area contributed by atoms with Crippen LogP contribution in [0.4, 0.5) is 29.7 Å². The Morgan fingerprint density at radius 1 is 1.24 bits per heavy atom. The molecule has 3 heterocycles. The van der Waals surface area contributed by atoms with Crippen molar-refractivity contribution in [3.05, 3.63) is 29.6 Å². The second-order valence-corrected chi connectivity index (χ2v) is 10.6. The van der Waals surface area contributed by atoms with Gasteiger partial charge in [-0.05, 0) is 59.1 Å². The van der Waals surface area contributed by atoms with E-state index in [9.17, 15) is 18.0 Å². The minimum Gasteiger partial charge on any atom is -0.444 e. The van der Waals surface area contributed by atoms with E-state index in [0.29, 0.717) is 38.3 Å². The third-order valence-corrected chi connectivity index (χ3v) is 6.81. The number of nitrogen functional groups attached to an aromatic ring is 1. The smallest absolute Gasteiger partial charge is 0.417 e. The van der Waals surface area contributed by atoms with E-state index in [1.54, 1.807) is 27.8 Å². The zero-order valence-corrected chi connectivity index (χ0v) is 21.7. The maximum atomic E-state index is 14.0. The summed E-state index contributed by atoms with van der Waals surface area (Å²) >= 11 is 0. The molecule has 9 nitrogen and oxygen atoms in total. The number of carbonyl (C=O) groups is 1. The highest BCUT2D eigenvalue weighted by atomic mass is 19.4. The van der Waals surface area contributed by atoms with Gasteiger partial charge in [0.2, 0.25) is 5.95 Å². The molecule has 1 aliphatic carbocycles. The molecule has 2 aromatic heterocycles. The van der Waals surface area contributed by atoms with Gasteiger partial charge in [-0.3, -0.25) is 4.90 Å². The Morgan fingerprint density at radius 3 is 2.51 bits per heavy atom. The van der Waals surface area contributed by atoms with Gasteiger partial charge in [-0.2, -0.15) is 13.2 Å². The van der Waals surface area contributed by atoms with Gasteiger partial charge in [0.15, 0.2) is 0 Å². The normalized spacial score (nSPS) is 19.8. The average Bonchev–Trinajstić information content (AvgIpc) is 2.76. The van der Waals surface area contributed by atoms with Crippen LogP contribution in [0.15, 0.2) is 18.3 Å². The minimum absolute atomic E-state index is 0.0578. The Balaban J connectivity index is 1.88. The maximum Gasteiger partial charge on any atom is 0.417 e. The molecule has 202 valence electrons. The van der Waals surface area contributed by atoms with Gasteiger partial charge in [-0.1, -0.05) is 0 Å². The number of pyridine rings is 1. The number of halogens is 3. The summed E-state index contributed by atoms with van der Waals surface area (Å²) in [6.07, 6.45) is -2.12. The summed E-state index contributed by atoms with van der Waals surface area (Å²) in [7, 11) is 1.64. The van der Waals surface area contributed by atoms with Crippen LogP contribution in [0.2, 0.25) is 0 Å². The van der Waals surface area contributed by atoms with E-state index in [0.717, 1.165) is 18.7 Å². The molecule has 1 amide bonds. The zero-order chi connectivity index (χ0) is 27.2. The first-order chi connectivity index (χ1) is 17.2. The molecule has 2 fully saturated rings. The van der Waals surface area contributed by atoms with Crippen LogP contribution in [0, 0.1) is 0 Å². The number of hydrogen-bond donors (Lipinski definition) is 1. The molecule has 1 atom stereocenters. The van der Waals surface area contributed by atoms with E-state index in [-0.39, 0.29) is 29.1 Å². The fourth-order valence-corrected chi connectivity index (χ4v) is 4.65. The molecule has 0 bridgehead atoms. The van der Waals surface area contributed by atoms with Crippen LogP contribution < -0.4 is 10.6 Å². The number of rotatable bonds is 4. The highest BCUT2D eigenvalue weighted by molar-refractivity contribution is 5.71. The number of morpholine rings is 1. The Kier molecular flexibility index (Phi) is 7.00. The molecule has 2 aromatic rings. The van der Waals surface area contributed by atoms with Crippen LogP contribution in [-0.2, 0) is 21.2 Å². The Bertz CT molecular complexity index is 1160. The lowest BCUT2D eigenvalue weighted by atomic mass is 9.73. The first kappa shape index (κ1) is 26.9. The molecular formula is C25H33F3N6O3. The van der Waals surface area contributed by atoms with E-state index in [2.05, 4.69) is 9.97 Å². The molecule has 0 unspecified atom stereocenters. The number of hydrogen-bond acceptors (Lipinski definition) is 8. The van der Waals surface area contributed by atoms with E-state index in [4.69, 9.17) is 20.2 Å². The topological polar surface area (TPSA) is 107 Å². The molecule has 1 saturated heterocycles. The summed E-state index contributed by atoms with van der Waals surface area (Å²) in [5.41, 5.74) is 3.41. The summed E-state index contributed by atoms with van der Waals surface area (Å²) in [6.45, 7) is 8.62. The summed E-state index contributed by atoms with van der Waals surface area (Å²) in [5.74, 6) is 0.0321. The molecule has 1 aliphatic heterocycles. The van der Waals surface area contributed by atoms with Crippen molar-refractivity contribution in [2.45, 2.75) is 70.3 Å². The molecule has 37 heavy (non-hydrogen) atoms. The van der Waals surface area contributed by atoms with Crippen molar-refractivity contribution in [2.24, 2.45) is 0 Å². The van der Waals surface area contributed by atoms with Crippen molar-refractivity contribution in [2.75, 3.05) is 37.4 Å². The number of carbonyl (C=O) groups excluding carboxylic acids is 1. The second-order valence-electron chi connectivity index (χ2n) is 10.6. The summed E-state index contributed by atoms with van der Waals surface area (Å²) in [6, 6.07) is 2.24. The monoisotopic (exact) mass is 522 g/mol. The predicted octanol–water partition coefficient (Wildman–Crippen LogP) is 4.61. The number of nitrogens with two attached hydrogens (primary N) is 1. The van der Waals surface area contributed by atoms with Crippen molar-refractivity contribution in [1.29, 1.82) is 0 Å². The van der Waals surface area contributed by atoms with Crippen LogP contribution in [0.25, 0.3) is 11.3 Å². The van der Waals surface area contributed by atoms with Gasteiger partial charge in [0.25, 0.3) is 0 Å². The van der Waals surface area contributed by atoms with E-state index in [1.165, 1.54) is 11.0 Å². The third kappa shape index (κ3) is 5.43. The average molecular weight is 523 g/mol. The molecule has 0 radical (unpaired) electrons. The van der Waals surface area contributed by atoms with Crippen molar-refractivity contribution < 1.29 is 27.4 Å². The van der Waals surface area contributed by atoms with Gasteiger partial charge in [0.1, 0.15) is 11.4 Å².